The Balaban J connectivity index is 1.50. The lowest BCUT2D eigenvalue weighted by molar-refractivity contribution is 0.0606. The topological polar surface area (TPSA) is 64.2 Å². The average molecular weight is 578 g/mol. The molecule has 4 aliphatic heterocycles. The van der Waals surface area contributed by atoms with E-state index in [4.69, 9.17) is 32.9 Å². The summed E-state index contributed by atoms with van der Waals surface area (Å²) in [6.07, 6.45) is 0.914. The van der Waals surface area contributed by atoms with Gasteiger partial charge < -0.3 is 24.8 Å². The van der Waals surface area contributed by atoms with E-state index in [9.17, 15) is 4.79 Å². The molecule has 3 fully saturated rings. The van der Waals surface area contributed by atoms with Crippen molar-refractivity contribution in [3.05, 3.63) is 39.6 Å². The number of carbonyl (C=O) groups is 1. The SMILES string of the molecule is CN1CCN(C2CN(c3nc(-c4c(F)cccc4Cl)c(Cl)c4c3C(=O)N3CCNC[C@@H]3CO4)C(C)(C)C2)CC1. The van der Waals surface area contributed by atoms with Crippen LogP contribution in [0.3, 0.4) is 0 Å². The van der Waals surface area contributed by atoms with Gasteiger partial charge in [0.1, 0.15) is 28.8 Å². The molecule has 0 aliphatic carbocycles. The van der Waals surface area contributed by atoms with Gasteiger partial charge in [-0.2, -0.15) is 0 Å². The summed E-state index contributed by atoms with van der Waals surface area (Å²) in [4.78, 5) is 28.1. The monoisotopic (exact) mass is 576 g/mol. The predicted molar refractivity (Wildman–Crippen MR) is 152 cm³/mol. The number of hydrogen-bond donors (Lipinski definition) is 1. The minimum absolute atomic E-state index is 0.106. The molecular weight excluding hydrogens is 542 g/mol. The van der Waals surface area contributed by atoms with Gasteiger partial charge in [-0.1, -0.05) is 29.3 Å². The van der Waals surface area contributed by atoms with E-state index in [-0.39, 0.29) is 51.1 Å². The molecular formula is C28H35Cl2FN6O2. The van der Waals surface area contributed by atoms with Gasteiger partial charge in [-0.15, -0.1) is 0 Å². The first-order valence-corrected chi connectivity index (χ1v) is 14.4. The summed E-state index contributed by atoms with van der Waals surface area (Å²) >= 11 is 13.4. The first kappa shape index (κ1) is 27.0. The van der Waals surface area contributed by atoms with Crippen LogP contribution in [0.15, 0.2) is 18.2 Å². The molecule has 1 unspecified atom stereocenters. The summed E-state index contributed by atoms with van der Waals surface area (Å²) in [6, 6.07) is 4.67. The zero-order chi connectivity index (χ0) is 27.5. The molecule has 0 bridgehead atoms. The number of halogens is 3. The third-order valence-corrected chi connectivity index (χ3v) is 9.35. The molecule has 1 amide bonds. The fourth-order valence-electron chi connectivity index (χ4n) is 6.46. The fourth-order valence-corrected chi connectivity index (χ4v) is 7.00. The second kappa shape index (κ2) is 10.3. The molecule has 6 rings (SSSR count). The summed E-state index contributed by atoms with van der Waals surface area (Å²) in [5, 5.41) is 3.65. The quantitative estimate of drug-likeness (QED) is 0.599. The number of benzene rings is 1. The van der Waals surface area contributed by atoms with Gasteiger partial charge in [0.15, 0.2) is 5.75 Å². The zero-order valence-corrected chi connectivity index (χ0v) is 24.2. The number of rotatable bonds is 3. The third kappa shape index (κ3) is 4.76. The van der Waals surface area contributed by atoms with E-state index in [2.05, 4.69) is 40.9 Å². The van der Waals surface area contributed by atoms with Crippen molar-refractivity contribution in [2.45, 2.75) is 37.9 Å². The van der Waals surface area contributed by atoms with E-state index in [0.29, 0.717) is 43.6 Å². The van der Waals surface area contributed by atoms with Crippen LogP contribution in [-0.2, 0) is 0 Å². The highest BCUT2D eigenvalue weighted by molar-refractivity contribution is 6.37. The number of pyridine rings is 1. The van der Waals surface area contributed by atoms with Crippen molar-refractivity contribution in [1.82, 2.24) is 25.0 Å². The van der Waals surface area contributed by atoms with Gasteiger partial charge in [-0.05, 0) is 39.4 Å². The maximum absolute atomic E-state index is 15.2. The molecule has 0 spiro atoms. The maximum Gasteiger partial charge on any atom is 0.261 e. The molecule has 5 heterocycles. The second-order valence-corrected chi connectivity index (χ2v) is 12.5. The molecule has 11 heteroatoms. The van der Waals surface area contributed by atoms with Gasteiger partial charge in [0.25, 0.3) is 5.91 Å². The van der Waals surface area contributed by atoms with E-state index in [1.807, 2.05) is 4.90 Å². The number of nitrogens with zero attached hydrogens (tertiary/aromatic N) is 5. The number of amides is 1. The third-order valence-electron chi connectivity index (χ3n) is 8.69. The maximum atomic E-state index is 15.2. The zero-order valence-electron chi connectivity index (χ0n) is 22.6. The van der Waals surface area contributed by atoms with Gasteiger partial charge >= 0.3 is 0 Å². The van der Waals surface area contributed by atoms with E-state index >= 15 is 4.39 Å². The summed E-state index contributed by atoms with van der Waals surface area (Å²) in [5.74, 6) is 0.0626. The number of piperazine rings is 2. The van der Waals surface area contributed by atoms with Crippen LogP contribution in [0, 0.1) is 5.82 Å². The number of aromatic nitrogens is 1. The van der Waals surface area contributed by atoms with Crippen LogP contribution in [0.5, 0.6) is 5.75 Å². The van der Waals surface area contributed by atoms with Crippen LogP contribution < -0.4 is 15.0 Å². The number of ether oxygens (including phenoxy) is 1. The lowest BCUT2D eigenvalue weighted by Gasteiger charge is -2.36. The van der Waals surface area contributed by atoms with Gasteiger partial charge in [-0.3, -0.25) is 9.69 Å². The highest BCUT2D eigenvalue weighted by Crippen LogP contribution is 2.48. The van der Waals surface area contributed by atoms with Crippen molar-refractivity contribution < 1.29 is 13.9 Å². The van der Waals surface area contributed by atoms with Crippen molar-refractivity contribution in [3.8, 4) is 17.0 Å². The number of fused-ring (bicyclic) bond motifs is 2. The second-order valence-electron chi connectivity index (χ2n) is 11.7. The Morgan fingerprint density at radius 3 is 2.62 bits per heavy atom. The smallest absolute Gasteiger partial charge is 0.261 e. The molecule has 1 N–H and O–H groups in total. The average Bonchev–Trinajstić information content (AvgIpc) is 3.14. The first-order valence-electron chi connectivity index (χ1n) is 13.7. The van der Waals surface area contributed by atoms with Crippen molar-refractivity contribution >= 4 is 34.9 Å². The summed E-state index contributed by atoms with van der Waals surface area (Å²) < 4.78 is 21.5. The highest BCUT2D eigenvalue weighted by Gasteiger charge is 2.46. The Kier molecular flexibility index (Phi) is 7.17. The van der Waals surface area contributed by atoms with E-state index in [1.54, 1.807) is 12.1 Å². The standard InChI is InChI=1S/C28H35Cl2FN6O2/c1-28(2)13-17(35-11-9-34(3)10-12-35)15-37(28)26-22-25(39-16-18-14-32-7-8-36(18)27(22)38)23(30)24(33-26)21-19(29)5-4-6-20(21)31/h4-6,17-18,32H,7-16H2,1-3H3/t17?,18-/m1/s1. The van der Waals surface area contributed by atoms with Gasteiger partial charge in [-0.25, -0.2) is 9.37 Å². The molecule has 1 aromatic carbocycles. The van der Waals surface area contributed by atoms with Gasteiger partial charge in [0.05, 0.1) is 22.3 Å². The van der Waals surface area contributed by atoms with Crippen LogP contribution in [-0.4, -0.2) is 109 Å². The van der Waals surface area contributed by atoms with Crippen molar-refractivity contribution in [2.75, 3.05) is 70.9 Å². The largest absolute Gasteiger partial charge is 0.489 e. The molecule has 2 atom stereocenters. The van der Waals surface area contributed by atoms with Crippen LogP contribution in [0.4, 0.5) is 10.2 Å². The minimum atomic E-state index is -0.527. The van der Waals surface area contributed by atoms with Crippen molar-refractivity contribution in [3.63, 3.8) is 0 Å². The Labute approximate surface area is 239 Å². The summed E-state index contributed by atoms with van der Waals surface area (Å²) in [7, 11) is 2.15. The van der Waals surface area contributed by atoms with Crippen LogP contribution in [0.2, 0.25) is 10.0 Å². The predicted octanol–water partition coefficient (Wildman–Crippen LogP) is 3.61. The Bertz CT molecular complexity index is 1260. The summed E-state index contributed by atoms with van der Waals surface area (Å²) in [5.41, 5.74) is 0.348. The number of likely N-dealkylation sites (N-methyl/N-ethyl adjacent to an activating group) is 1. The van der Waals surface area contributed by atoms with Crippen LogP contribution in [0.25, 0.3) is 11.3 Å². The normalized spacial score (nSPS) is 25.7. The van der Waals surface area contributed by atoms with Gasteiger partial charge in [0, 0.05) is 63.9 Å². The lowest BCUT2D eigenvalue weighted by atomic mass is 9.98. The number of anilines is 1. The minimum Gasteiger partial charge on any atom is -0.489 e. The molecule has 39 heavy (non-hydrogen) atoms. The number of carbonyl (C=O) groups excluding carboxylic acids is 1. The molecule has 210 valence electrons. The fraction of sp³-hybridized carbons (Fsp3) is 0.571. The Morgan fingerprint density at radius 2 is 1.87 bits per heavy atom. The molecule has 3 saturated heterocycles. The first-order chi connectivity index (χ1) is 18.7. The summed E-state index contributed by atoms with van der Waals surface area (Å²) in [6.45, 7) is 11.3. The Hall–Kier alpha value is -2.17. The Morgan fingerprint density at radius 1 is 1.10 bits per heavy atom. The van der Waals surface area contributed by atoms with Crippen molar-refractivity contribution in [1.29, 1.82) is 0 Å². The molecule has 4 aliphatic rings. The van der Waals surface area contributed by atoms with Crippen LogP contribution >= 0.6 is 23.2 Å². The van der Waals surface area contributed by atoms with E-state index in [1.165, 1.54) is 6.07 Å². The lowest BCUT2D eigenvalue weighted by Crippen LogP contribution is -2.55. The van der Waals surface area contributed by atoms with E-state index < -0.39 is 5.82 Å². The number of nitrogens with one attached hydrogen (secondary N) is 1. The molecule has 0 radical (unpaired) electrons. The molecule has 1 aromatic heterocycles. The van der Waals surface area contributed by atoms with E-state index in [0.717, 1.165) is 32.6 Å². The highest BCUT2D eigenvalue weighted by atomic mass is 35.5. The van der Waals surface area contributed by atoms with Gasteiger partial charge in [0.2, 0.25) is 0 Å². The van der Waals surface area contributed by atoms with Crippen LogP contribution in [0.1, 0.15) is 30.6 Å². The molecule has 2 aromatic rings. The van der Waals surface area contributed by atoms with Crippen molar-refractivity contribution in [2.24, 2.45) is 0 Å². The number of hydrogen-bond acceptors (Lipinski definition) is 7. The molecule has 8 nitrogen and oxygen atoms in total. The molecule has 0 saturated carbocycles.